The minimum atomic E-state index is -0.367. The molecule has 2 rings (SSSR count). The van der Waals surface area contributed by atoms with Gasteiger partial charge < -0.3 is 15.6 Å². The molecule has 0 atom stereocenters. The highest BCUT2D eigenvalue weighted by Gasteiger charge is 2.12. The van der Waals surface area contributed by atoms with Crippen LogP contribution in [0, 0.1) is 6.92 Å². The van der Waals surface area contributed by atoms with Crippen LogP contribution in [0.4, 0.5) is 5.69 Å². The number of nitrogens with two attached hydrogens (primary N) is 1. The van der Waals surface area contributed by atoms with Gasteiger partial charge in [0.15, 0.2) is 5.76 Å². The van der Waals surface area contributed by atoms with E-state index < -0.39 is 0 Å². The van der Waals surface area contributed by atoms with Crippen molar-refractivity contribution < 1.29 is 9.32 Å². The first-order valence-corrected chi connectivity index (χ1v) is 5.55. The first kappa shape index (κ1) is 12.4. The van der Waals surface area contributed by atoms with Crippen LogP contribution in [0.5, 0.6) is 0 Å². The Hall–Kier alpha value is -2.08. The summed E-state index contributed by atoms with van der Waals surface area (Å²) in [6.45, 7) is 2.03. The molecule has 1 amide bonds. The van der Waals surface area contributed by atoms with Gasteiger partial charge in [-0.05, 0) is 13.0 Å². The molecule has 0 aliphatic rings. The molecule has 0 saturated carbocycles. The van der Waals surface area contributed by atoms with Gasteiger partial charge in [-0.1, -0.05) is 16.8 Å². The molecule has 18 heavy (non-hydrogen) atoms. The molecule has 0 spiro atoms. The molecule has 0 aliphatic carbocycles. The summed E-state index contributed by atoms with van der Waals surface area (Å²) < 4.78 is 4.97. The van der Waals surface area contributed by atoms with Gasteiger partial charge in [0.1, 0.15) is 5.15 Å². The van der Waals surface area contributed by atoms with Gasteiger partial charge in [0.2, 0.25) is 0 Å². The lowest BCUT2D eigenvalue weighted by Gasteiger charge is -2.05. The van der Waals surface area contributed by atoms with Crippen LogP contribution in [0.25, 0.3) is 0 Å². The number of nitrogen functional groups attached to an aromatic ring is 1. The third-order valence-corrected chi connectivity index (χ3v) is 2.51. The number of rotatable bonds is 3. The fraction of sp³-hybridized carbons (Fsp3) is 0.182. The van der Waals surface area contributed by atoms with Gasteiger partial charge in [0, 0.05) is 6.07 Å². The van der Waals surface area contributed by atoms with Crippen LogP contribution < -0.4 is 11.1 Å². The van der Waals surface area contributed by atoms with E-state index in [0.717, 1.165) is 5.69 Å². The van der Waals surface area contributed by atoms with Crippen LogP contribution in [0.15, 0.2) is 22.9 Å². The zero-order chi connectivity index (χ0) is 13.1. The average Bonchev–Trinajstić information content (AvgIpc) is 2.75. The molecule has 2 aromatic rings. The molecule has 0 aliphatic heterocycles. The van der Waals surface area contributed by atoms with Gasteiger partial charge in [-0.2, -0.15) is 0 Å². The number of amides is 1. The number of aromatic nitrogens is 2. The summed E-state index contributed by atoms with van der Waals surface area (Å²) in [5.41, 5.74) is 6.90. The second-order valence-corrected chi connectivity index (χ2v) is 4.08. The average molecular weight is 267 g/mol. The van der Waals surface area contributed by atoms with Gasteiger partial charge in [-0.3, -0.25) is 4.79 Å². The number of nitrogens with one attached hydrogen (secondary N) is 1. The normalized spacial score (nSPS) is 10.3. The summed E-state index contributed by atoms with van der Waals surface area (Å²) in [5.74, 6) is 0.197. The molecule has 2 heterocycles. The molecule has 6 nitrogen and oxygen atoms in total. The van der Waals surface area contributed by atoms with Crippen LogP contribution >= 0.6 is 11.6 Å². The van der Waals surface area contributed by atoms with E-state index in [0.29, 0.717) is 11.4 Å². The third kappa shape index (κ3) is 2.78. The zero-order valence-corrected chi connectivity index (χ0v) is 10.4. The number of carbonyl (C=O) groups excluding carboxylic acids is 1. The number of halogens is 1. The highest BCUT2D eigenvalue weighted by molar-refractivity contribution is 6.32. The van der Waals surface area contributed by atoms with E-state index in [2.05, 4.69) is 15.5 Å². The number of carbonyl (C=O) groups is 1. The van der Waals surface area contributed by atoms with E-state index in [1.807, 2.05) is 0 Å². The first-order valence-electron chi connectivity index (χ1n) is 5.17. The van der Waals surface area contributed by atoms with E-state index in [1.54, 1.807) is 13.0 Å². The van der Waals surface area contributed by atoms with Crippen molar-refractivity contribution in [2.45, 2.75) is 13.5 Å². The third-order valence-electron chi connectivity index (χ3n) is 2.20. The Bertz CT molecular complexity index is 582. The van der Waals surface area contributed by atoms with Gasteiger partial charge in [0.05, 0.1) is 29.7 Å². The van der Waals surface area contributed by atoms with Crippen LogP contribution in [0.2, 0.25) is 5.15 Å². The van der Waals surface area contributed by atoms with Crippen molar-refractivity contribution in [3.05, 3.63) is 40.5 Å². The molecule has 0 aromatic carbocycles. The minimum Gasteiger partial charge on any atom is -0.397 e. The highest BCUT2D eigenvalue weighted by Crippen LogP contribution is 2.15. The van der Waals surface area contributed by atoms with Crippen molar-refractivity contribution in [2.24, 2.45) is 0 Å². The van der Waals surface area contributed by atoms with Gasteiger partial charge in [-0.15, -0.1) is 0 Å². The van der Waals surface area contributed by atoms with E-state index in [4.69, 9.17) is 21.9 Å². The maximum Gasteiger partial charge on any atom is 0.254 e. The standard InChI is InChI=1S/C11H11ClN4O2/c1-6-2-8(18-16-6)5-15-11(17)9-3-7(13)4-14-10(9)12/h2-4H,5,13H2,1H3,(H,15,17). The Balaban J connectivity index is 2.05. The largest absolute Gasteiger partial charge is 0.397 e. The van der Waals surface area contributed by atoms with Gasteiger partial charge in [0.25, 0.3) is 5.91 Å². The molecule has 0 unspecified atom stereocenters. The molecule has 0 bridgehead atoms. The Morgan fingerprint density at radius 3 is 3.00 bits per heavy atom. The highest BCUT2D eigenvalue weighted by atomic mass is 35.5. The molecule has 7 heteroatoms. The van der Waals surface area contributed by atoms with E-state index in [-0.39, 0.29) is 23.2 Å². The van der Waals surface area contributed by atoms with Crippen molar-refractivity contribution >= 4 is 23.2 Å². The summed E-state index contributed by atoms with van der Waals surface area (Å²) in [6, 6.07) is 3.20. The summed E-state index contributed by atoms with van der Waals surface area (Å²) >= 11 is 5.81. The number of nitrogens with zero attached hydrogens (tertiary/aromatic N) is 2. The van der Waals surface area contributed by atoms with E-state index in [9.17, 15) is 4.79 Å². The second-order valence-electron chi connectivity index (χ2n) is 3.72. The molecule has 94 valence electrons. The molecule has 0 fully saturated rings. The first-order chi connectivity index (χ1) is 8.56. The molecule has 0 radical (unpaired) electrons. The van der Waals surface area contributed by atoms with Gasteiger partial charge >= 0.3 is 0 Å². The smallest absolute Gasteiger partial charge is 0.254 e. The Kier molecular flexibility index (Phi) is 3.47. The maximum absolute atomic E-state index is 11.8. The Morgan fingerprint density at radius 2 is 2.33 bits per heavy atom. The predicted octanol–water partition coefficient (Wildman–Crippen LogP) is 1.54. The topological polar surface area (TPSA) is 94.0 Å². The zero-order valence-electron chi connectivity index (χ0n) is 9.61. The second kappa shape index (κ2) is 5.05. The van der Waals surface area contributed by atoms with E-state index in [1.165, 1.54) is 12.3 Å². The maximum atomic E-state index is 11.8. The van der Waals surface area contributed by atoms with Crippen molar-refractivity contribution in [1.29, 1.82) is 0 Å². The predicted molar refractivity (Wildman–Crippen MR) is 66.1 cm³/mol. The summed E-state index contributed by atoms with van der Waals surface area (Å²) in [5, 5.41) is 6.47. The van der Waals surface area contributed by atoms with Crippen LogP contribution in [0.1, 0.15) is 21.8 Å². The number of hydrogen-bond donors (Lipinski definition) is 2. The number of anilines is 1. The Morgan fingerprint density at radius 1 is 1.56 bits per heavy atom. The minimum absolute atomic E-state index is 0.107. The number of hydrogen-bond acceptors (Lipinski definition) is 5. The molecular formula is C11H11ClN4O2. The van der Waals surface area contributed by atoms with Crippen molar-refractivity contribution in [3.8, 4) is 0 Å². The lowest BCUT2D eigenvalue weighted by atomic mass is 10.2. The molecule has 0 saturated heterocycles. The molecule has 3 N–H and O–H groups in total. The lowest BCUT2D eigenvalue weighted by Crippen LogP contribution is -2.23. The van der Waals surface area contributed by atoms with Crippen LogP contribution in [-0.2, 0) is 6.54 Å². The summed E-state index contributed by atoms with van der Waals surface area (Å²) in [4.78, 5) is 15.6. The Labute approximate surface area is 108 Å². The number of pyridine rings is 1. The monoisotopic (exact) mass is 266 g/mol. The van der Waals surface area contributed by atoms with Crippen molar-refractivity contribution in [1.82, 2.24) is 15.5 Å². The van der Waals surface area contributed by atoms with Crippen molar-refractivity contribution in [2.75, 3.05) is 5.73 Å². The lowest BCUT2D eigenvalue weighted by molar-refractivity contribution is 0.0947. The molecule has 2 aromatic heterocycles. The summed E-state index contributed by atoms with van der Waals surface area (Å²) in [6.07, 6.45) is 1.39. The fourth-order valence-electron chi connectivity index (χ4n) is 1.39. The fourth-order valence-corrected chi connectivity index (χ4v) is 1.57. The SMILES string of the molecule is Cc1cc(CNC(=O)c2cc(N)cnc2Cl)on1. The quantitative estimate of drug-likeness (QED) is 0.822. The summed E-state index contributed by atoms with van der Waals surface area (Å²) in [7, 11) is 0. The molecular weight excluding hydrogens is 256 g/mol. The van der Waals surface area contributed by atoms with E-state index >= 15 is 0 Å². The van der Waals surface area contributed by atoms with Crippen molar-refractivity contribution in [3.63, 3.8) is 0 Å². The van der Waals surface area contributed by atoms with Crippen LogP contribution in [-0.4, -0.2) is 16.0 Å². The van der Waals surface area contributed by atoms with Gasteiger partial charge in [-0.25, -0.2) is 4.98 Å². The number of aryl methyl sites for hydroxylation is 1. The van der Waals surface area contributed by atoms with Crippen LogP contribution in [0.3, 0.4) is 0 Å².